The number of hydrogen-bond donors (Lipinski definition) is 1. The number of aromatic nitrogens is 3. The van der Waals surface area contributed by atoms with Gasteiger partial charge in [0.25, 0.3) is 0 Å². The molecule has 17 heavy (non-hydrogen) atoms. The lowest BCUT2D eigenvalue weighted by molar-refractivity contribution is 0.145. The summed E-state index contributed by atoms with van der Waals surface area (Å²) in [4.78, 5) is 4.52. The SMILES string of the molecule is CCC1(CNc2ccn3nccc3n2)CCC1. The topological polar surface area (TPSA) is 42.2 Å². The molecule has 0 amide bonds. The molecule has 90 valence electrons. The van der Waals surface area contributed by atoms with Gasteiger partial charge in [-0.15, -0.1) is 0 Å². The van der Waals surface area contributed by atoms with Gasteiger partial charge in [-0.05, 0) is 30.7 Å². The van der Waals surface area contributed by atoms with Crippen LogP contribution >= 0.6 is 0 Å². The van der Waals surface area contributed by atoms with Crippen LogP contribution in [-0.2, 0) is 0 Å². The molecule has 2 heterocycles. The number of hydrogen-bond acceptors (Lipinski definition) is 3. The van der Waals surface area contributed by atoms with E-state index < -0.39 is 0 Å². The lowest BCUT2D eigenvalue weighted by Gasteiger charge is -2.41. The van der Waals surface area contributed by atoms with E-state index in [4.69, 9.17) is 0 Å². The molecule has 0 unspecified atom stereocenters. The van der Waals surface area contributed by atoms with Crippen molar-refractivity contribution in [2.24, 2.45) is 5.41 Å². The van der Waals surface area contributed by atoms with E-state index in [1.165, 1.54) is 25.7 Å². The Labute approximate surface area is 101 Å². The standard InChI is InChI=1S/C13H18N4/c1-2-13(6-3-7-13)10-14-11-5-9-17-12(16-11)4-8-15-17/h4-5,8-9H,2-3,6-7,10H2,1H3,(H,14,16). The van der Waals surface area contributed by atoms with E-state index in [9.17, 15) is 0 Å². The van der Waals surface area contributed by atoms with Gasteiger partial charge >= 0.3 is 0 Å². The van der Waals surface area contributed by atoms with Gasteiger partial charge in [0.15, 0.2) is 5.65 Å². The Kier molecular flexibility index (Phi) is 2.50. The van der Waals surface area contributed by atoms with Crippen molar-refractivity contribution in [3.05, 3.63) is 24.5 Å². The first-order valence-electron chi connectivity index (χ1n) is 6.36. The molecule has 2 aromatic rings. The van der Waals surface area contributed by atoms with E-state index in [1.54, 1.807) is 10.7 Å². The fourth-order valence-electron chi connectivity index (χ4n) is 2.52. The Bertz CT molecular complexity index is 507. The summed E-state index contributed by atoms with van der Waals surface area (Å²) in [6.45, 7) is 3.33. The van der Waals surface area contributed by atoms with Gasteiger partial charge in [-0.1, -0.05) is 13.3 Å². The predicted molar refractivity (Wildman–Crippen MR) is 68.1 cm³/mol. The predicted octanol–water partition coefficient (Wildman–Crippen LogP) is 2.72. The van der Waals surface area contributed by atoms with Gasteiger partial charge < -0.3 is 5.32 Å². The molecule has 1 N–H and O–H groups in total. The molecule has 4 nitrogen and oxygen atoms in total. The third-order valence-corrected chi connectivity index (χ3v) is 4.07. The molecule has 0 spiro atoms. The molecule has 1 saturated carbocycles. The van der Waals surface area contributed by atoms with Crippen LogP contribution in [0.1, 0.15) is 32.6 Å². The van der Waals surface area contributed by atoms with Gasteiger partial charge in [-0.25, -0.2) is 9.50 Å². The number of nitrogens with one attached hydrogen (secondary N) is 1. The van der Waals surface area contributed by atoms with Crippen LogP contribution in [-0.4, -0.2) is 21.1 Å². The Balaban J connectivity index is 1.71. The summed E-state index contributed by atoms with van der Waals surface area (Å²) in [5.74, 6) is 0.956. The van der Waals surface area contributed by atoms with Crippen molar-refractivity contribution in [1.82, 2.24) is 14.6 Å². The van der Waals surface area contributed by atoms with E-state index in [0.29, 0.717) is 5.41 Å². The molecule has 1 aliphatic carbocycles. The second-order valence-corrected chi connectivity index (χ2v) is 5.01. The van der Waals surface area contributed by atoms with Gasteiger partial charge in [0, 0.05) is 18.8 Å². The summed E-state index contributed by atoms with van der Waals surface area (Å²) in [6, 6.07) is 3.91. The van der Waals surface area contributed by atoms with Crippen molar-refractivity contribution in [2.75, 3.05) is 11.9 Å². The highest BCUT2D eigenvalue weighted by atomic mass is 15.2. The van der Waals surface area contributed by atoms with Crippen molar-refractivity contribution >= 4 is 11.5 Å². The maximum Gasteiger partial charge on any atom is 0.157 e. The second-order valence-electron chi connectivity index (χ2n) is 5.01. The van der Waals surface area contributed by atoms with Gasteiger partial charge in [-0.2, -0.15) is 5.10 Å². The molecule has 0 aliphatic heterocycles. The van der Waals surface area contributed by atoms with Crippen LogP contribution in [0.3, 0.4) is 0 Å². The van der Waals surface area contributed by atoms with E-state index in [0.717, 1.165) is 18.0 Å². The second kappa shape index (κ2) is 4.02. The Morgan fingerprint density at radius 2 is 2.29 bits per heavy atom. The Hall–Kier alpha value is -1.58. The third-order valence-electron chi connectivity index (χ3n) is 4.07. The number of rotatable bonds is 4. The van der Waals surface area contributed by atoms with Crippen LogP contribution in [0.15, 0.2) is 24.5 Å². The first-order chi connectivity index (χ1) is 8.31. The molecule has 0 bridgehead atoms. The van der Waals surface area contributed by atoms with E-state index in [-0.39, 0.29) is 0 Å². The van der Waals surface area contributed by atoms with Crippen molar-refractivity contribution in [3.8, 4) is 0 Å². The highest BCUT2D eigenvalue weighted by Crippen LogP contribution is 2.43. The molecule has 2 aromatic heterocycles. The van der Waals surface area contributed by atoms with Crippen molar-refractivity contribution in [2.45, 2.75) is 32.6 Å². The van der Waals surface area contributed by atoms with Crippen LogP contribution in [0, 0.1) is 5.41 Å². The van der Waals surface area contributed by atoms with Gasteiger partial charge in [0.1, 0.15) is 5.82 Å². The van der Waals surface area contributed by atoms with Crippen LogP contribution < -0.4 is 5.32 Å². The van der Waals surface area contributed by atoms with Gasteiger partial charge in [0.05, 0.1) is 6.20 Å². The van der Waals surface area contributed by atoms with E-state index in [2.05, 4.69) is 22.3 Å². The largest absolute Gasteiger partial charge is 0.369 e. The van der Waals surface area contributed by atoms with Crippen LogP contribution in [0.4, 0.5) is 5.82 Å². The van der Waals surface area contributed by atoms with Crippen LogP contribution in [0.2, 0.25) is 0 Å². The first kappa shape index (κ1) is 10.6. The third kappa shape index (κ3) is 1.88. The lowest BCUT2D eigenvalue weighted by atomic mass is 9.67. The van der Waals surface area contributed by atoms with E-state index in [1.807, 2.05) is 18.3 Å². The fraction of sp³-hybridized carbons (Fsp3) is 0.538. The smallest absolute Gasteiger partial charge is 0.157 e. The van der Waals surface area contributed by atoms with Crippen LogP contribution in [0.25, 0.3) is 5.65 Å². The number of nitrogens with zero attached hydrogens (tertiary/aromatic N) is 3. The first-order valence-corrected chi connectivity index (χ1v) is 6.36. The Morgan fingerprint density at radius 3 is 3.00 bits per heavy atom. The fourth-order valence-corrected chi connectivity index (χ4v) is 2.52. The monoisotopic (exact) mass is 230 g/mol. The molecular formula is C13H18N4. The maximum absolute atomic E-state index is 4.52. The van der Waals surface area contributed by atoms with Gasteiger partial charge in [0.2, 0.25) is 0 Å². The van der Waals surface area contributed by atoms with Crippen molar-refractivity contribution in [3.63, 3.8) is 0 Å². The Morgan fingerprint density at radius 1 is 1.41 bits per heavy atom. The minimum atomic E-state index is 0.522. The average molecular weight is 230 g/mol. The maximum atomic E-state index is 4.52. The summed E-state index contributed by atoms with van der Waals surface area (Å²) in [5, 5.41) is 7.61. The quantitative estimate of drug-likeness (QED) is 0.878. The average Bonchev–Trinajstić information content (AvgIpc) is 2.75. The molecule has 3 rings (SSSR count). The molecular weight excluding hydrogens is 212 g/mol. The molecule has 0 saturated heterocycles. The molecule has 1 fully saturated rings. The zero-order valence-corrected chi connectivity index (χ0v) is 10.2. The summed E-state index contributed by atoms with van der Waals surface area (Å²) >= 11 is 0. The highest BCUT2D eigenvalue weighted by Gasteiger charge is 2.34. The molecule has 4 heteroatoms. The minimum Gasteiger partial charge on any atom is -0.369 e. The zero-order valence-electron chi connectivity index (χ0n) is 10.2. The van der Waals surface area contributed by atoms with Crippen LogP contribution in [0.5, 0.6) is 0 Å². The van der Waals surface area contributed by atoms with E-state index >= 15 is 0 Å². The normalized spacial score (nSPS) is 17.9. The minimum absolute atomic E-state index is 0.522. The van der Waals surface area contributed by atoms with Gasteiger partial charge in [-0.3, -0.25) is 0 Å². The highest BCUT2D eigenvalue weighted by molar-refractivity contribution is 5.45. The molecule has 0 aromatic carbocycles. The molecule has 0 radical (unpaired) electrons. The summed E-state index contributed by atoms with van der Waals surface area (Å²) < 4.78 is 1.78. The number of fused-ring (bicyclic) bond motifs is 1. The number of anilines is 1. The van der Waals surface area contributed by atoms with Crippen molar-refractivity contribution in [1.29, 1.82) is 0 Å². The molecule has 0 atom stereocenters. The summed E-state index contributed by atoms with van der Waals surface area (Å²) in [7, 11) is 0. The summed E-state index contributed by atoms with van der Waals surface area (Å²) in [5.41, 5.74) is 1.42. The zero-order chi connectivity index (χ0) is 11.7. The summed E-state index contributed by atoms with van der Waals surface area (Å²) in [6.07, 6.45) is 9.06. The lowest BCUT2D eigenvalue weighted by Crippen LogP contribution is -2.36. The molecule has 1 aliphatic rings. The van der Waals surface area contributed by atoms with Crippen molar-refractivity contribution < 1.29 is 0 Å².